The molecule has 96 valence electrons. The molecular formula is C16H16N2S. The molecule has 1 N–H and O–H groups in total. The van der Waals surface area contributed by atoms with Crippen LogP contribution in [0.25, 0.3) is 10.9 Å². The molecule has 0 unspecified atom stereocenters. The number of hydrogen-bond donors (Lipinski definition) is 1. The molecule has 0 radical (unpaired) electrons. The molecule has 0 amide bonds. The highest BCUT2D eigenvalue weighted by atomic mass is 32.1. The molecule has 19 heavy (non-hydrogen) atoms. The molecule has 0 atom stereocenters. The zero-order valence-electron chi connectivity index (χ0n) is 10.9. The molecule has 0 saturated carbocycles. The summed E-state index contributed by atoms with van der Waals surface area (Å²) in [6.07, 6.45) is 2.95. The predicted octanol–water partition coefficient (Wildman–Crippen LogP) is 4.47. The van der Waals surface area contributed by atoms with E-state index in [1.54, 1.807) is 0 Å². The summed E-state index contributed by atoms with van der Waals surface area (Å²) in [6, 6.07) is 14.7. The molecular weight excluding hydrogens is 252 g/mol. The average molecular weight is 268 g/mol. The van der Waals surface area contributed by atoms with Gasteiger partial charge in [0.1, 0.15) is 0 Å². The Bertz CT molecular complexity index is 683. The van der Waals surface area contributed by atoms with Crippen LogP contribution >= 0.6 is 11.3 Å². The van der Waals surface area contributed by atoms with Crippen LogP contribution in [0.5, 0.6) is 0 Å². The van der Waals surface area contributed by atoms with E-state index in [0.717, 1.165) is 24.2 Å². The minimum absolute atomic E-state index is 0.874. The molecule has 0 spiro atoms. The predicted molar refractivity (Wildman–Crippen MR) is 82.8 cm³/mol. The summed E-state index contributed by atoms with van der Waals surface area (Å²) < 4.78 is 0. The third-order valence-corrected chi connectivity index (χ3v) is 4.39. The first kappa shape index (κ1) is 12.2. The number of aryl methyl sites for hydroxylation is 1. The van der Waals surface area contributed by atoms with E-state index < -0.39 is 0 Å². The van der Waals surface area contributed by atoms with Crippen molar-refractivity contribution in [1.29, 1.82) is 0 Å². The van der Waals surface area contributed by atoms with E-state index in [2.05, 4.69) is 41.5 Å². The largest absolute Gasteiger partial charge is 0.380 e. The number of thiophene rings is 1. The lowest BCUT2D eigenvalue weighted by Gasteiger charge is -2.08. The van der Waals surface area contributed by atoms with Gasteiger partial charge in [0.2, 0.25) is 0 Å². The number of pyridine rings is 1. The van der Waals surface area contributed by atoms with Gasteiger partial charge in [0.05, 0.1) is 5.52 Å². The molecule has 0 aliphatic heterocycles. The van der Waals surface area contributed by atoms with E-state index in [4.69, 9.17) is 0 Å². The van der Waals surface area contributed by atoms with Crippen molar-refractivity contribution in [3.63, 3.8) is 0 Å². The van der Waals surface area contributed by atoms with E-state index in [-0.39, 0.29) is 0 Å². The minimum atomic E-state index is 0.874. The second-order valence-electron chi connectivity index (χ2n) is 4.45. The molecule has 1 aromatic carbocycles. The molecule has 3 rings (SSSR count). The first-order valence-electron chi connectivity index (χ1n) is 6.52. The number of nitrogens with zero attached hydrogens (tertiary/aromatic N) is 1. The van der Waals surface area contributed by atoms with Crippen LogP contribution in [0.4, 0.5) is 5.69 Å². The van der Waals surface area contributed by atoms with Gasteiger partial charge in [0, 0.05) is 33.6 Å². The second-order valence-corrected chi connectivity index (χ2v) is 5.70. The highest BCUT2D eigenvalue weighted by Gasteiger charge is 2.02. The number of benzene rings is 1. The minimum Gasteiger partial charge on any atom is -0.380 e. The van der Waals surface area contributed by atoms with Gasteiger partial charge < -0.3 is 5.32 Å². The van der Waals surface area contributed by atoms with Crippen molar-refractivity contribution >= 4 is 27.9 Å². The summed E-state index contributed by atoms with van der Waals surface area (Å²) >= 11 is 1.88. The number of anilines is 1. The molecule has 0 aliphatic rings. The Balaban J connectivity index is 1.81. The second kappa shape index (κ2) is 5.41. The SMILES string of the molecule is CCc1ccc(CNc2cccc3ncccc23)s1. The molecule has 0 fully saturated rings. The lowest BCUT2D eigenvalue weighted by molar-refractivity contribution is 1.19. The Morgan fingerprint density at radius 3 is 2.79 bits per heavy atom. The van der Waals surface area contributed by atoms with Crippen LogP contribution in [-0.4, -0.2) is 4.98 Å². The summed E-state index contributed by atoms with van der Waals surface area (Å²) in [4.78, 5) is 7.19. The van der Waals surface area contributed by atoms with E-state index in [0.29, 0.717) is 0 Å². The molecule has 2 aromatic heterocycles. The Kier molecular flexibility index (Phi) is 3.47. The quantitative estimate of drug-likeness (QED) is 0.755. The monoisotopic (exact) mass is 268 g/mol. The number of nitrogens with one attached hydrogen (secondary N) is 1. The van der Waals surface area contributed by atoms with Crippen LogP contribution in [0.1, 0.15) is 16.7 Å². The number of hydrogen-bond acceptors (Lipinski definition) is 3. The van der Waals surface area contributed by atoms with Crippen molar-refractivity contribution in [1.82, 2.24) is 4.98 Å². The molecule has 3 heteroatoms. The fourth-order valence-corrected chi connectivity index (χ4v) is 3.04. The lowest BCUT2D eigenvalue weighted by atomic mass is 10.2. The highest BCUT2D eigenvalue weighted by molar-refractivity contribution is 7.12. The van der Waals surface area contributed by atoms with Gasteiger partial charge in [-0.25, -0.2) is 0 Å². The molecule has 2 nitrogen and oxygen atoms in total. The van der Waals surface area contributed by atoms with Crippen LogP contribution in [0.3, 0.4) is 0 Å². The van der Waals surface area contributed by atoms with E-state index >= 15 is 0 Å². The summed E-state index contributed by atoms with van der Waals surface area (Å²) in [5, 5.41) is 4.69. The smallest absolute Gasteiger partial charge is 0.0722 e. The molecule has 0 saturated heterocycles. The van der Waals surface area contributed by atoms with Crippen molar-refractivity contribution in [2.45, 2.75) is 19.9 Å². The Labute approximate surface area is 117 Å². The average Bonchev–Trinajstić information content (AvgIpc) is 2.93. The van der Waals surface area contributed by atoms with Crippen LogP contribution in [0.2, 0.25) is 0 Å². The van der Waals surface area contributed by atoms with Gasteiger partial charge in [-0.1, -0.05) is 13.0 Å². The maximum Gasteiger partial charge on any atom is 0.0722 e. The van der Waals surface area contributed by atoms with Gasteiger partial charge >= 0.3 is 0 Å². The maximum absolute atomic E-state index is 4.38. The van der Waals surface area contributed by atoms with Gasteiger partial charge in [-0.05, 0) is 42.8 Å². The van der Waals surface area contributed by atoms with Crippen molar-refractivity contribution < 1.29 is 0 Å². The summed E-state index contributed by atoms with van der Waals surface area (Å²) in [7, 11) is 0. The zero-order chi connectivity index (χ0) is 13.1. The first-order chi connectivity index (χ1) is 9.36. The lowest BCUT2D eigenvalue weighted by Crippen LogP contribution is -1.98. The number of aromatic nitrogens is 1. The topological polar surface area (TPSA) is 24.9 Å². The third kappa shape index (κ3) is 2.61. The summed E-state index contributed by atoms with van der Waals surface area (Å²) in [5.74, 6) is 0. The van der Waals surface area contributed by atoms with Crippen LogP contribution in [0.15, 0.2) is 48.7 Å². The Hall–Kier alpha value is -1.87. The van der Waals surface area contributed by atoms with Gasteiger partial charge in [-0.15, -0.1) is 11.3 Å². The third-order valence-electron chi connectivity index (χ3n) is 3.16. The molecule has 3 aromatic rings. The molecule has 0 aliphatic carbocycles. The normalized spacial score (nSPS) is 10.8. The van der Waals surface area contributed by atoms with E-state index in [1.807, 2.05) is 35.7 Å². The van der Waals surface area contributed by atoms with Gasteiger partial charge in [-0.2, -0.15) is 0 Å². The molecule has 2 heterocycles. The summed E-state index contributed by atoms with van der Waals surface area (Å²) in [5.41, 5.74) is 2.19. The fourth-order valence-electron chi connectivity index (χ4n) is 2.15. The van der Waals surface area contributed by atoms with Crippen molar-refractivity contribution in [2.75, 3.05) is 5.32 Å². The van der Waals surface area contributed by atoms with Gasteiger partial charge in [-0.3, -0.25) is 4.98 Å². The first-order valence-corrected chi connectivity index (χ1v) is 7.33. The van der Waals surface area contributed by atoms with Crippen LogP contribution in [0, 0.1) is 0 Å². The Morgan fingerprint density at radius 1 is 1.05 bits per heavy atom. The highest BCUT2D eigenvalue weighted by Crippen LogP contribution is 2.23. The summed E-state index contributed by atoms with van der Waals surface area (Å²) in [6.45, 7) is 3.07. The molecule has 0 bridgehead atoms. The standard InChI is InChI=1S/C16H16N2S/c1-2-12-8-9-13(19-12)11-18-16-7-3-6-15-14(16)5-4-10-17-15/h3-10,18H,2,11H2,1H3. The van der Waals surface area contributed by atoms with E-state index in [9.17, 15) is 0 Å². The Morgan fingerprint density at radius 2 is 1.95 bits per heavy atom. The number of fused-ring (bicyclic) bond motifs is 1. The zero-order valence-corrected chi connectivity index (χ0v) is 11.7. The number of rotatable bonds is 4. The van der Waals surface area contributed by atoms with Crippen molar-refractivity contribution in [2.24, 2.45) is 0 Å². The maximum atomic E-state index is 4.38. The fraction of sp³-hybridized carbons (Fsp3) is 0.188. The van der Waals surface area contributed by atoms with Crippen molar-refractivity contribution in [3.8, 4) is 0 Å². The van der Waals surface area contributed by atoms with Gasteiger partial charge in [0.15, 0.2) is 0 Å². The van der Waals surface area contributed by atoms with E-state index in [1.165, 1.54) is 15.1 Å². The van der Waals surface area contributed by atoms with Crippen LogP contribution < -0.4 is 5.32 Å². The van der Waals surface area contributed by atoms with Crippen molar-refractivity contribution in [3.05, 3.63) is 58.4 Å². The van der Waals surface area contributed by atoms with Crippen LogP contribution in [-0.2, 0) is 13.0 Å². The van der Waals surface area contributed by atoms with Gasteiger partial charge in [0.25, 0.3) is 0 Å².